The Bertz CT molecular complexity index is 195. The summed E-state index contributed by atoms with van der Waals surface area (Å²) in [5, 5.41) is 0. The van der Waals surface area contributed by atoms with Crippen LogP contribution in [0, 0.1) is 5.92 Å². The minimum Gasteiger partial charge on any atom is -0.380 e. The summed E-state index contributed by atoms with van der Waals surface area (Å²) in [7, 11) is 0. The molecule has 0 radical (unpaired) electrons. The first kappa shape index (κ1) is 15.4. The van der Waals surface area contributed by atoms with E-state index in [-0.39, 0.29) is 11.9 Å². The van der Waals surface area contributed by atoms with Crippen molar-refractivity contribution in [2.75, 3.05) is 26.3 Å². The van der Waals surface area contributed by atoms with E-state index < -0.39 is 0 Å². The van der Waals surface area contributed by atoms with E-state index in [0.29, 0.717) is 32.1 Å². The molecule has 96 valence electrons. The lowest BCUT2D eigenvalue weighted by molar-refractivity contribution is -0.132. The smallest absolute Gasteiger partial charge is 0.224 e. The summed E-state index contributed by atoms with van der Waals surface area (Å²) in [6.07, 6.45) is 0.428. The molecule has 2 N–H and O–H groups in total. The van der Waals surface area contributed by atoms with E-state index in [1.54, 1.807) is 4.90 Å². The van der Waals surface area contributed by atoms with Crippen LogP contribution >= 0.6 is 0 Å². The predicted molar refractivity (Wildman–Crippen MR) is 66.2 cm³/mol. The fourth-order valence-electron chi connectivity index (χ4n) is 1.34. The van der Waals surface area contributed by atoms with Crippen molar-refractivity contribution in [3.8, 4) is 0 Å². The van der Waals surface area contributed by atoms with Crippen LogP contribution in [-0.2, 0) is 9.53 Å². The summed E-state index contributed by atoms with van der Waals surface area (Å²) in [6, 6.07) is -0.0476. The maximum atomic E-state index is 11.9. The van der Waals surface area contributed by atoms with Crippen molar-refractivity contribution in [2.45, 2.75) is 40.2 Å². The Morgan fingerprint density at radius 3 is 2.44 bits per heavy atom. The van der Waals surface area contributed by atoms with Crippen LogP contribution in [-0.4, -0.2) is 43.2 Å². The van der Waals surface area contributed by atoms with Crippen molar-refractivity contribution >= 4 is 5.91 Å². The third-order valence-electron chi connectivity index (χ3n) is 2.71. The Morgan fingerprint density at radius 2 is 2.00 bits per heavy atom. The van der Waals surface area contributed by atoms with E-state index in [0.717, 1.165) is 6.54 Å². The van der Waals surface area contributed by atoms with Crippen molar-refractivity contribution in [3.05, 3.63) is 0 Å². The van der Waals surface area contributed by atoms with E-state index in [2.05, 4.69) is 0 Å². The Balaban J connectivity index is 4.00. The van der Waals surface area contributed by atoms with Crippen LogP contribution in [0.3, 0.4) is 0 Å². The maximum Gasteiger partial charge on any atom is 0.224 e. The number of hydrogen-bond acceptors (Lipinski definition) is 3. The lowest BCUT2D eigenvalue weighted by Crippen LogP contribution is -2.39. The van der Waals surface area contributed by atoms with Gasteiger partial charge in [-0.2, -0.15) is 0 Å². The van der Waals surface area contributed by atoms with Gasteiger partial charge in [-0.3, -0.25) is 4.79 Å². The lowest BCUT2D eigenvalue weighted by atomic mass is 10.0. The number of carbonyl (C=O) groups excluding carboxylic acids is 1. The summed E-state index contributed by atoms with van der Waals surface area (Å²) in [5.74, 6) is 0.470. The summed E-state index contributed by atoms with van der Waals surface area (Å²) in [4.78, 5) is 13.7. The van der Waals surface area contributed by atoms with Gasteiger partial charge in [0, 0.05) is 32.2 Å². The predicted octanol–water partition coefficient (Wildman–Crippen LogP) is 1.24. The highest BCUT2D eigenvalue weighted by Crippen LogP contribution is 2.05. The second kappa shape index (κ2) is 8.53. The van der Waals surface area contributed by atoms with Gasteiger partial charge in [-0.25, -0.2) is 0 Å². The van der Waals surface area contributed by atoms with Crippen molar-refractivity contribution in [1.29, 1.82) is 0 Å². The van der Waals surface area contributed by atoms with Crippen LogP contribution in [0.15, 0.2) is 0 Å². The number of nitrogens with zero attached hydrogens (tertiary/aromatic N) is 1. The first-order chi connectivity index (χ1) is 7.52. The lowest BCUT2D eigenvalue weighted by Gasteiger charge is -2.23. The Hall–Kier alpha value is -0.610. The van der Waals surface area contributed by atoms with Gasteiger partial charge in [-0.1, -0.05) is 13.8 Å². The minimum atomic E-state index is -0.0476. The van der Waals surface area contributed by atoms with Crippen molar-refractivity contribution in [2.24, 2.45) is 11.7 Å². The van der Waals surface area contributed by atoms with Gasteiger partial charge < -0.3 is 15.4 Å². The minimum absolute atomic E-state index is 0.0476. The number of carbonyl (C=O) groups is 1. The Morgan fingerprint density at radius 1 is 1.38 bits per heavy atom. The molecule has 0 saturated heterocycles. The highest BCUT2D eigenvalue weighted by Gasteiger charge is 2.17. The molecule has 1 unspecified atom stereocenters. The first-order valence-electron chi connectivity index (χ1n) is 6.13. The fourth-order valence-corrected chi connectivity index (χ4v) is 1.34. The van der Waals surface area contributed by atoms with E-state index in [1.807, 2.05) is 27.7 Å². The largest absolute Gasteiger partial charge is 0.380 e. The van der Waals surface area contributed by atoms with E-state index in [1.165, 1.54) is 0 Å². The van der Waals surface area contributed by atoms with Crippen LogP contribution in [0.2, 0.25) is 0 Å². The number of rotatable bonds is 8. The number of amides is 1. The van der Waals surface area contributed by atoms with E-state index in [4.69, 9.17) is 10.5 Å². The summed E-state index contributed by atoms with van der Waals surface area (Å²) in [5.41, 5.74) is 5.89. The molecule has 4 heteroatoms. The van der Waals surface area contributed by atoms with Crippen molar-refractivity contribution in [3.63, 3.8) is 0 Å². The van der Waals surface area contributed by atoms with Gasteiger partial charge in [0.25, 0.3) is 0 Å². The monoisotopic (exact) mass is 230 g/mol. The summed E-state index contributed by atoms with van der Waals surface area (Å²) in [6.45, 7) is 10.7. The molecular weight excluding hydrogens is 204 g/mol. The average Bonchev–Trinajstić information content (AvgIpc) is 2.24. The molecule has 0 rings (SSSR count). The molecule has 0 aromatic heterocycles. The zero-order chi connectivity index (χ0) is 12.6. The number of nitrogens with two attached hydrogens (primary N) is 1. The van der Waals surface area contributed by atoms with Gasteiger partial charge in [-0.05, 0) is 19.8 Å². The SMILES string of the molecule is CCOCCN(CC)C(=O)CC(N)C(C)C. The fraction of sp³-hybridized carbons (Fsp3) is 0.917. The molecule has 16 heavy (non-hydrogen) atoms. The molecule has 0 aliphatic heterocycles. The zero-order valence-corrected chi connectivity index (χ0v) is 11.0. The Labute approximate surface area is 99.1 Å². The van der Waals surface area contributed by atoms with Gasteiger partial charge in [0.2, 0.25) is 5.91 Å². The molecule has 1 atom stereocenters. The molecule has 0 aliphatic carbocycles. The molecule has 4 nitrogen and oxygen atoms in total. The molecule has 0 aromatic rings. The highest BCUT2D eigenvalue weighted by molar-refractivity contribution is 5.76. The van der Waals surface area contributed by atoms with Crippen LogP contribution in [0.5, 0.6) is 0 Å². The second-order valence-electron chi connectivity index (χ2n) is 4.28. The quantitative estimate of drug-likeness (QED) is 0.638. The standard InChI is InChI=1S/C12H26N2O2/c1-5-14(7-8-16-6-2)12(15)9-11(13)10(3)4/h10-11H,5-9,13H2,1-4H3. The molecular formula is C12H26N2O2. The van der Waals surface area contributed by atoms with Crippen molar-refractivity contribution in [1.82, 2.24) is 4.90 Å². The third-order valence-corrected chi connectivity index (χ3v) is 2.71. The zero-order valence-electron chi connectivity index (χ0n) is 11.0. The molecule has 0 aliphatic rings. The first-order valence-corrected chi connectivity index (χ1v) is 6.13. The van der Waals surface area contributed by atoms with Crippen LogP contribution < -0.4 is 5.73 Å². The molecule has 0 fully saturated rings. The summed E-state index contributed by atoms with van der Waals surface area (Å²) < 4.78 is 5.24. The van der Waals surface area contributed by atoms with E-state index >= 15 is 0 Å². The normalized spacial score (nSPS) is 12.9. The summed E-state index contributed by atoms with van der Waals surface area (Å²) >= 11 is 0. The van der Waals surface area contributed by atoms with Gasteiger partial charge >= 0.3 is 0 Å². The highest BCUT2D eigenvalue weighted by atomic mass is 16.5. The van der Waals surface area contributed by atoms with Crippen LogP contribution in [0.25, 0.3) is 0 Å². The molecule has 0 aromatic carbocycles. The molecule has 0 saturated carbocycles. The molecule has 1 amide bonds. The Kier molecular flexibility index (Phi) is 8.21. The average molecular weight is 230 g/mol. The van der Waals surface area contributed by atoms with E-state index in [9.17, 15) is 4.79 Å². The van der Waals surface area contributed by atoms with Gasteiger partial charge in [0.15, 0.2) is 0 Å². The topological polar surface area (TPSA) is 55.6 Å². The second-order valence-corrected chi connectivity index (χ2v) is 4.28. The maximum absolute atomic E-state index is 11.9. The molecule has 0 heterocycles. The van der Waals surface area contributed by atoms with Crippen molar-refractivity contribution < 1.29 is 9.53 Å². The van der Waals surface area contributed by atoms with Gasteiger partial charge in [-0.15, -0.1) is 0 Å². The van der Waals surface area contributed by atoms with Gasteiger partial charge in [0.1, 0.15) is 0 Å². The molecule has 0 spiro atoms. The van der Waals surface area contributed by atoms with Crippen LogP contribution in [0.4, 0.5) is 0 Å². The van der Waals surface area contributed by atoms with Crippen LogP contribution in [0.1, 0.15) is 34.1 Å². The number of likely N-dealkylation sites (N-methyl/N-ethyl adjacent to an activating group) is 1. The van der Waals surface area contributed by atoms with Gasteiger partial charge in [0.05, 0.1) is 6.61 Å². The number of ether oxygens (including phenoxy) is 1. The molecule has 0 bridgehead atoms. The third kappa shape index (κ3) is 6.08. The number of hydrogen-bond donors (Lipinski definition) is 1.